The van der Waals surface area contributed by atoms with Crippen molar-refractivity contribution < 1.29 is 14.3 Å². The minimum atomic E-state index is -0.244. The lowest BCUT2D eigenvalue weighted by atomic mass is 9.66. The van der Waals surface area contributed by atoms with Crippen LogP contribution in [0.25, 0.3) is 0 Å². The number of ether oxygens (including phenoxy) is 2. The molecule has 0 bridgehead atoms. The second-order valence-electron chi connectivity index (χ2n) is 6.53. The zero-order valence-corrected chi connectivity index (χ0v) is 12.8. The zero-order valence-electron chi connectivity index (χ0n) is 12.8. The molecule has 1 saturated carbocycles. The molecule has 0 saturated heterocycles. The van der Waals surface area contributed by atoms with Crippen LogP contribution >= 0.6 is 0 Å². The van der Waals surface area contributed by atoms with Crippen molar-refractivity contribution in [1.29, 1.82) is 0 Å². The highest BCUT2D eigenvalue weighted by atomic mass is 16.6. The molecule has 110 valence electrons. The lowest BCUT2D eigenvalue weighted by Crippen LogP contribution is -2.56. The molecule has 1 aromatic carbocycles. The Bertz CT molecular complexity index is 451. The van der Waals surface area contributed by atoms with E-state index in [0.717, 1.165) is 13.0 Å². The van der Waals surface area contributed by atoms with Crippen molar-refractivity contribution in [3.63, 3.8) is 0 Å². The van der Waals surface area contributed by atoms with Crippen LogP contribution in [0.4, 0.5) is 0 Å². The Kier molecular flexibility index (Phi) is 4.48. The molecule has 0 aliphatic heterocycles. The molecule has 3 nitrogen and oxygen atoms in total. The lowest BCUT2D eigenvalue weighted by molar-refractivity contribution is -0.180. The Hall–Kier alpha value is -1.35. The topological polar surface area (TPSA) is 35.5 Å². The van der Waals surface area contributed by atoms with Crippen LogP contribution in [0.3, 0.4) is 0 Å². The largest absolute Gasteiger partial charge is 0.458 e. The number of carbonyl (C=O) groups is 1. The third kappa shape index (κ3) is 3.21. The van der Waals surface area contributed by atoms with Gasteiger partial charge in [-0.15, -0.1) is 0 Å². The van der Waals surface area contributed by atoms with E-state index in [9.17, 15) is 4.79 Å². The van der Waals surface area contributed by atoms with E-state index in [0.29, 0.717) is 11.5 Å². The standard InChI is InChI=1S/C17H24O3/c1-12(2)11-19-14-10-15(17(14,3)4)20-16(18)13-8-6-5-7-9-13/h5-9,12,14-15H,10-11H2,1-4H3. The van der Waals surface area contributed by atoms with Crippen molar-refractivity contribution in [3.8, 4) is 0 Å². The fourth-order valence-electron chi connectivity index (χ4n) is 2.41. The summed E-state index contributed by atoms with van der Waals surface area (Å²) in [6.45, 7) is 9.24. The van der Waals surface area contributed by atoms with Crippen LogP contribution in [0.15, 0.2) is 30.3 Å². The second-order valence-corrected chi connectivity index (χ2v) is 6.53. The molecule has 2 atom stereocenters. The van der Waals surface area contributed by atoms with Gasteiger partial charge < -0.3 is 9.47 Å². The fraction of sp³-hybridized carbons (Fsp3) is 0.588. The van der Waals surface area contributed by atoms with Gasteiger partial charge in [-0.1, -0.05) is 45.9 Å². The molecule has 1 aliphatic carbocycles. The SMILES string of the molecule is CC(C)COC1CC(OC(=O)c2ccccc2)C1(C)C. The number of carbonyl (C=O) groups excluding carboxylic acids is 1. The Labute approximate surface area is 121 Å². The van der Waals surface area contributed by atoms with Gasteiger partial charge in [0, 0.05) is 18.4 Å². The van der Waals surface area contributed by atoms with Crippen molar-refractivity contribution in [1.82, 2.24) is 0 Å². The van der Waals surface area contributed by atoms with E-state index in [1.54, 1.807) is 12.1 Å². The number of esters is 1. The smallest absolute Gasteiger partial charge is 0.338 e. The Morgan fingerprint density at radius 1 is 1.25 bits per heavy atom. The molecule has 0 N–H and O–H groups in total. The molecule has 2 unspecified atom stereocenters. The van der Waals surface area contributed by atoms with Gasteiger partial charge in [0.25, 0.3) is 0 Å². The van der Waals surface area contributed by atoms with Crippen molar-refractivity contribution in [3.05, 3.63) is 35.9 Å². The molecule has 0 spiro atoms. The fourth-order valence-corrected chi connectivity index (χ4v) is 2.41. The van der Waals surface area contributed by atoms with Gasteiger partial charge in [0.15, 0.2) is 0 Å². The first-order valence-corrected chi connectivity index (χ1v) is 7.29. The highest BCUT2D eigenvalue weighted by Crippen LogP contribution is 2.45. The van der Waals surface area contributed by atoms with E-state index in [-0.39, 0.29) is 23.6 Å². The monoisotopic (exact) mass is 276 g/mol. The lowest BCUT2D eigenvalue weighted by Gasteiger charge is -2.50. The number of rotatable bonds is 5. The van der Waals surface area contributed by atoms with Gasteiger partial charge in [-0.25, -0.2) is 4.79 Å². The van der Waals surface area contributed by atoms with Gasteiger partial charge in [-0.05, 0) is 18.1 Å². The third-order valence-electron chi connectivity index (χ3n) is 3.98. The average molecular weight is 276 g/mol. The minimum absolute atomic E-state index is 0.0626. The molecule has 0 aromatic heterocycles. The summed E-state index contributed by atoms with van der Waals surface area (Å²) >= 11 is 0. The zero-order chi connectivity index (χ0) is 14.8. The van der Waals surface area contributed by atoms with Crippen LogP contribution in [0, 0.1) is 11.3 Å². The molecule has 0 radical (unpaired) electrons. The molecule has 0 amide bonds. The molecule has 1 aromatic rings. The van der Waals surface area contributed by atoms with Crippen LogP contribution in [-0.2, 0) is 9.47 Å². The van der Waals surface area contributed by atoms with E-state index in [1.165, 1.54) is 0 Å². The summed E-state index contributed by atoms with van der Waals surface area (Å²) < 4.78 is 11.5. The summed E-state index contributed by atoms with van der Waals surface area (Å²) in [4.78, 5) is 12.0. The summed E-state index contributed by atoms with van der Waals surface area (Å²) in [6.07, 6.45) is 0.906. The molecule has 1 fully saturated rings. The van der Waals surface area contributed by atoms with E-state index >= 15 is 0 Å². The van der Waals surface area contributed by atoms with Crippen molar-refractivity contribution in [2.24, 2.45) is 11.3 Å². The number of benzene rings is 1. The van der Waals surface area contributed by atoms with Gasteiger partial charge in [0.2, 0.25) is 0 Å². The quantitative estimate of drug-likeness (QED) is 0.770. The second kappa shape index (κ2) is 5.96. The number of hydrogen-bond acceptors (Lipinski definition) is 3. The normalized spacial score (nSPS) is 24.2. The van der Waals surface area contributed by atoms with E-state index in [2.05, 4.69) is 27.7 Å². The van der Waals surface area contributed by atoms with E-state index < -0.39 is 0 Å². The molecule has 0 heterocycles. The van der Waals surface area contributed by atoms with Crippen LogP contribution in [-0.4, -0.2) is 24.8 Å². The number of hydrogen-bond donors (Lipinski definition) is 0. The Balaban J connectivity index is 1.88. The van der Waals surface area contributed by atoms with Gasteiger partial charge in [0.05, 0.1) is 11.7 Å². The third-order valence-corrected chi connectivity index (χ3v) is 3.98. The molecule has 2 rings (SSSR count). The van der Waals surface area contributed by atoms with Gasteiger partial charge in [0.1, 0.15) is 6.10 Å². The van der Waals surface area contributed by atoms with Crippen molar-refractivity contribution >= 4 is 5.97 Å². The average Bonchev–Trinajstić information content (AvgIpc) is 2.42. The first-order valence-electron chi connectivity index (χ1n) is 7.29. The Morgan fingerprint density at radius 2 is 1.90 bits per heavy atom. The van der Waals surface area contributed by atoms with Gasteiger partial charge in [-0.3, -0.25) is 0 Å². The maximum atomic E-state index is 12.0. The summed E-state index contributed by atoms with van der Waals surface area (Å²) in [5.41, 5.74) is 0.495. The first kappa shape index (κ1) is 15.0. The van der Waals surface area contributed by atoms with Crippen molar-refractivity contribution in [2.75, 3.05) is 6.61 Å². The van der Waals surface area contributed by atoms with Crippen LogP contribution in [0.5, 0.6) is 0 Å². The highest BCUT2D eigenvalue weighted by molar-refractivity contribution is 5.89. The first-order chi connectivity index (χ1) is 9.41. The Morgan fingerprint density at radius 3 is 2.45 bits per heavy atom. The van der Waals surface area contributed by atoms with Crippen LogP contribution in [0.1, 0.15) is 44.5 Å². The maximum absolute atomic E-state index is 12.0. The summed E-state index contributed by atoms with van der Waals surface area (Å²) in [6, 6.07) is 9.13. The summed E-state index contributed by atoms with van der Waals surface area (Å²) in [5.74, 6) is 0.280. The predicted molar refractivity (Wildman–Crippen MR) is 78.6 cm³/mol. The molecule has 1 aliphatic rings. The van der Waals surface area contributed by atoms with Gasteiger partial charge in [-0.2, -0.15) is 0 Å². The summed E-state index contributed by atoms with van der Waals surface area (Å²) in [5, 5.41) is 0. The van der Waals surface area contributed by atoms with Crippen molar-refractivity contribution in [2.45, 2.75) is 46.3 Å². The molecular weight excluding hydrogens is 252 g/mol. The maximum Gasteiger partial charge on any atom is 0.338 e. The van der Waals surface area contributed by atoms with Crippen LogP contribution < -0.4 is 0 Å². The minimum Gasteiger partial charge on any atom is -0.458 e. The van der Waals surface area contributed by atoms with Gasteiger partial charge >= 0.3 is 5.97 Å². The molecular formula is C17H24O3. The predicted octanol–water partition coefficient (Wildman–Crippen LogP) is 3.68. The van der Waals surface area contributed by atoms with E-state index in [1.807, 2.05) is 18.2 Å². The van der Waals surface area contributed by atoms with Crippen LogP contribution in [0.2, 0.25) is 0 Å². The molecule has 3 heteroatoms. The highest BCUT2D eigenvalue weighted by Gasteiger charge is 2.51. The molecule has 20 heavy (non-hydrogen) atoms. The van der Waals surface area contributed by atoms with E-state index in [4.69, 9.17) is 9.47 Å². The summed E-state index contributed by atoms with van der Waals surface area (Å²) in [7, 11) is 0.